The van der Waals surface area contributed by atoms with Gasteiger partial charge in [0.25, 0.3) is 5.91 Å². The van der Waals surface area contributed by atoms with E-state index in [0.717, 1.165) is 12.8 Å². The van der Waals surface area contributed by atoms with E-state index in [-0.39, 0.29) is 11.9 Å². The zero-order chi connectivity index (χ0) is 15.1. The zero-order valence-corrected chi connectivity index (χ0v) is 12.4. The van der Waals surface area contributed by atoms with E-state index in [0.29, 0.717) is 17.2 Å². The van der Waals surface area contributed by atoms with Crippen molar-refractivity contribution in [1.82, 2.24) is 10.3 Å². The highest BCUT2D eigenvalue weighted by Gasteiger charge is 2.15. The van der Waals surface area contributed by atoms with E-state index in [9.17, 15) is 4.79 Å². The maximum Gasteiger partial charge on any atom is 0.256 e. The van der Waals surface area contributed by atoms with Crippen LogP contribution in [0, 0.1) is 0 Å². The molecule has 1 unspecified atom stereocenters. The number of hydrogen-bond donors (Lipinski definition) is 1. The van der Waals surface area contributed by atoms with Gasteiger partial charge in [0.15, 0.2) is 0 Å². The molecular formula is C17H20N2O2. The van der Waals surface area contributed by atoms with E-state index in [1.54, 1.807) is 18.3 Å². The molecule has 0 saturated carbocycles. The van der Waals surface area contributed by atoms with Crippen molar-refractivity contribution in [3.05, 3.63) is 54.2 Å². The summed E-state index contributed by atoms with van der Waals surface area (Å²) in [5, 5.41) is 2.96. The predicted molar refractivity (Wildman–Crippen MR) is 82.6 cm³/mol. The van der Waals surface area contributed by atoms with E-state index in [4.69, 9.17) is 4.74 Å². The molecule has 0 bridgehead atoms. The minimum Gasteiger partial charge on any atom is -0.438 e. The number of amides is 1. The number of nitrogens with zero attached hydrogens (tertiary/aromatic N) is 1. The van der Waals surface area contributed by atoms with Crippen LogP contribution in [0.4, 0.5) is 0 Å². The molecule has 4 nitrogen and oxygen atoms in total. The number of ether oxygens (including phenoxy) is 1. The molecule has 1 aromatic heterocycles. The second-order valence-electron chi connectivity index (χ2n) is 4.93. The van der Waals surface area contributed by atoms with Crippen molar-refractivity contribution >= 4 is 5.91 Å². The van der Waals surface area contributed by atoms with Crippen molar-refractivity contribution in [2.75, 3.05) is 0 Å². The van der Waals surface area contributed by atoms with Gasteiger partial charge in [-0.3, -0.25) is 4.79 Å². The molecule has 0 radical (unpaired) electrons. The van der Waals surface area contributed by atoms with Crippen molar-refractivity contribution in [2.24, 2.45) is 0 Å². The van der Waals surface area contributed by atoms with Crippen molar-refractivity contribution in [3.8, 4) is 11.6 Å². The van der Waals surface area contributed by atoms with Crippen LogP contribution in [0.25, 0.3) is 0 Å². The summed E-state index contributed by atoms with van der Waals surface area (Å²) < 4.78 is 5.70. The fourth-order valence-electron chi connectivity index (χ4n) is 2.05. The summed E-state index contributed by atoms with van der Waals surface area (Å²) in [5.74, 6) is 0.826. The summed E-state index contributed by atoms with van der Waals surface area (Å²) >= 11 is 0. The maximum atomic E-state index is 12.3. The number of carbonyl (C=O) groups excluding carboxylic acids is 1. The van der Waals surface area contributed by atoms with E-state index in [1.165, 1.54) is 0 Å². The van der Waals surface area contributed by atoms with Crippen LogP contribution in [0.2, 0.25) is 0 Å². The standard InChI is InChI=1S/C17H20N2O2/c1-3-8-13(2)19-16(20)15-11-7-12-18-17(15)21-14-9-5-4-6-10-14/h4-7,9-13H,3,8H2,1-2H3,(H,19,20). The lowest BCUT2D eigenvalue weighted by atomic mass is 10.1. The Labute approximate surface area is 125 Å². The molecule has 1 N–H and O–H groups in total. The van der Waals surface area contributed by atoms with Crippen LogP contribution in [-0.4, -0.2) is 16.9 Å². The number of pyridine rings is 1. The number of rotatable bonds is 6. The number of para-hydroxylation sites is 1. The maximum absolute atomic E-state index is 12.3. The van der Waals surface area contributed by atoms with Gasteiger partial charge in [-0.1, -0.05) is 31.5 Å². The Morgan fingerprint density at radius 3 is 2.71 bits per heavy atom. The number of hydrogen-bond acceptors (Lipinski definition) is 3. The molecule has 4 heteroatoms. The lowest BCUT2D eigenvalue weighted by molar-refractivity contribution is 0.0935. The van der Waals surface area contributed by atoms with Gasteiger partial charge in [-0.25, -0.2) is 4.98 Å². The summed E-state index contributed by atoms with van der Waals surface area (Å²) in [7, 11) is 0. The van der Waals surface area contributed by atoms with Gasteiger partial charge in [-0.2, -0.15) is 0 Å². The summed E-state index contributed by atoms with van der Waals surface area (Å²) in [6.45, 7) is 4.09. The van der Waals surface area contributed by atoms with E-state index in [1.807, 2.05) is 37.3 Å². The monoisotopic (exact) mass is 284 g/mol. The third kappa shape index (κ3) is 4.31. The molecule has 0 spiro atoms. The molecule has 0 aliphatic carbocycles. The quantitative estimate of drug-likeness (QED) is 0.878. The molecule has 0 saturated heterocycles. The predicted octanol–water partition coefficient (Wildman–Crippen LogP) is 3.79. The van der Waals surface area contributed by atoms with Gasteiger partial charge < -0.3 is 10.1 Å². The first-order chi connectivity index (χ1) is 10.2. The summed E-state index contributed by atoms with van der Waals surface area (Å²) in [4.78, 5) is 16.5. The third-order valence-electron chi connectivity index (χ3n) is 3.07. The van der Waals surface area contributed by atoms with Crippen LogP contribution in [0.15, 0.2) is 48.7 Å². The fraction of sp³-hybridized carbons (Fsp3) is 0.294. The number of carbonyl (C=O) groups is 1. The van der Waals surface area contributed by atoms with Crippen LogP contribution >= 0.6 is 0 Å². The fourth-order valence-corrected chi connectivity index (χ4v) is 2.05. The van der Waals surface area contributed by atoms with Gasteiger partial charge in [0.05, 0.1) is 0 Å². The Kier molecular flexibility index (Phi) is 5.32. The van der Waals surface area contributed by atoms with Gasteiger partial charge in [-0.15, -0.1) is 0 Å². The second-order valence-corrected chi connectivity index (χ2v) is 4.93. The Hall–Kier alpha value is -2.36. The Bertz CT molecular complexity index is 584. The van der Waals surface area contributed by atoms with Gasteiger partial charge in [0, 0.05) is 12.2 Å². The molecule has 2 aromatic rings. The second kappa shape index (κ2) is 7.43. The highest BCUT2D eigenvalue weighted by Crippen LogP contribution is 2.22. The van der Waals surface area contributed by atoms with Crippen molar-refractivity contribution in [2.45, 2.75) is 32.7 Å². The molecule has 21 heavy (non-hydrogen) atoms. The molecule has 0 aliphatic rings. The topological polar surface area (TPSA) is 51.2 Å². The number of benzene rings is 1. The number of aromatic nitrogens is 1. The van der Waals surface area contributed by atoms with Gasteiger partial charge in [-0.05, 0) is 37.6 Å². The molecule has 2 rings (SSSR count). The molecule has 1 amide bonds. The smallest absolute Gasteiger partial charge is 0.256 e. The Balaban J connectivity index is 2.15. The molecule has 0 aliphatic heterocycles. The first-order valence-corrected chi connectivity index (χ1v) is 7.19. The van der Waals surface area contributed by atoms with Crippen LogP contribution in [0.3, 0.4) is 0 Å². The van der Waals surface area contributed by atoms with Gasteiger partial charge in [0.1, 0.15) is 11.3 Å². The summed E-state index contributed by atoms with van der Waals surface area (Å²) in [6.07, 6.45) is 3.59. The lowest BCUT2D eigenvalue weighted by Gasteiger charge is -2.14. The first-order valence-electron chi connectivity index (χ1n) is 7.19. The summed E-state index contributed by atoms with van der Waals surface area (Å²) in [6, 6.07) is 12.9. The van der Waals surface area contributed by atoms with Crippen molar-refractivity contribution in [1.29, 1.82) is 0 Å². The minimum absolute atomic E-state index is 0.132. The van der Waals surface area contributed by atoms with Crippen LogP contribution < -0.4 is 10.1 Å². The van der Waals surface area contributed by atoms with Crippen LogP contribution in [0.5, 0.6) is 11.6 Å². The van der Waals surface area contributed by atoms with Gasteiger partial charge in [0.2, 0.25) is 5.88 Å². The molecule has 110 valence electrons. The Morgan fingerprint density at radius 1 is 1.24 bits per heavy atom. The molecule has 0 fully saturated rings. The SMILES string of the molecule is CCCC(C)NC(=O)c1cccnc1Oc1ccccc1. The van der Waals surface area contributed by atoms with Crippen LogP contribution in [-0.2, 0) is 0 Å². The van der Waals surface area contributed by atoms with E-state index in [2.05, 4.69) is 17.2 Å². The highest BCUT2D eigenvalue weighted by atomic mass is 16.5. The normalized spacial score (nSPS) is 11.7. The molecule has 1 atom stereocenters. The average molecular weight is 284 g/mol. The minimum atomic E-state index is -0.157. The first kappa shape index (κ1) is 15.0. The summed E-state index contributed by atoms with van der Waals surface area (Å²) in [5.41, 5.74) is 0.448. The molecular weight excluding hydrogens is 264 g/mol. The molecule has 1 heterocycles. The van der Waals surface area contributed by atoms with E-state index < -0.39 is 0 Å². The lowest BCUT2D eigenvalue weighted by Crippen LogP contribution is -2.32. The highest BCUT2D eigenvalue weighted by molar-refractivity contribution is 5.96. The Morgan fingerprint density at radius 2 is 2.00 bits per heavy atom. The van der Waals surface area contributed by atoms with Crippen molar-refractivity contribution in [3.63, 3.8) is 0 Å². The van der Waals surface area contributed by atoms with Crippen LogP contribution in [0.1, 0.15) is 37.0 Å². The largest absolute Gasteiger partial charge is 0.438 e. The molecule has 1 aromatic carbocycles. The number of nitrogens with one attached hydrogen (secondary N) is 1. The zero-order valence-electron chi connectivity index (χ0n) is 12.4. The van der Waals surface area contributed by atoms with Gasteiger partial charge >= 0.3 is 0 Å². The van der Waals surface area contributed by atoms with E-state index >= 15 is 0 Å². The average Bonchev–Trinajstić information content (AvgIpc) is 2.49. The third-order valence-corrected chi connectivity index (χ3v) is 3.07. The van der Waals surface area contributed by atoms with Crippen molar-refractivity contribution < 1.29 is 9.53 Å².